The van der Waals surface area contributed by atoms with Crippen LogP contribution in [0.3, 0.4) is 0 Å². The van der Waals surface area contributed by atoms with Crippen molar-refractivity contribution in [1.82, 2.24) is 0 Å². The lowest BCUT2D eigenvalue weighted by Gasteiger charge is -2.12. The van der Waals surface area contributed by atoms with Crippen LogP contribution in [0.4, 0.5) is 10.1 Å². The number of hydrogen-bond acceptors (Lipinski definition) is 2. The van der Waals surface area contributed by atoms with Crippen LogP contribution in [0.5, 0.6) is 0 Å². The van der Waals surface area contributed by atoms with E-state index in [9.17, 15) is 4.39 Å². The minimum absolute atomic E-state index is 0.327. The van der Waals surface area contributed by atoms with E-state index in [1.165, 1.54) is 23.8 Å². The van der Waals surface area contributed by atoms with Gasteiger partial charge in [0.05, 0.1) is 11.6 Å². The summed E-state index contributed by atoms with van der Waals surface area (Å²) < 4.78 is 14.3. The first kappa shape index (κ1) is 14.5. The van der Waals surface area contributed by atoms with E-state index in [1.807, 2.05) is 12.1 Å². The second-order valence-electron chi connectivity index (χ2n) is 4.42. The maximum atomic E-state index is 13.3. The Hall–Kier alpha value is -1.86. The fourth-order valence-electron chi connectivity index (χ4n) is 2.04. The Morgan fingerprint density at radius 3 is 2.70 bits per heavy atom. The van der Waals surface area contributed by atoms with Crippen LogP contribution in [0.15, 0.2) is 40.9 Å². The van der Waals surface area contributed by atoms with E-state index in [1.54, 1.807) is 0 Å². The summed E-state index contributed by atoms with van der Waals surface area (Å²) in [5.74, 6) is -0.327. The Kier molecular flexibility index (Phi) is 4.75. The zero-order chi connectivity index (χ0) is 14.5. The summed E-state index contributed by atoms with van der Waals surface area (Å²) in [6, 6.07) is 12.3. The highest BCUT2D eigenvalue weighted by Gasteiger charge is 2.06. The zero-order valence-corrected chi connectivity index (χ0v) is 12.7. The van der Waals surface area contributed by atoms with Crippen molar-refractivity contribution in [2.45, 2.75) is 19.9 Å². The molecule has 0 bridgehead atoms. The van der Waals surface area contributed by atoms with Gasteiger partial charge in [0.15, 0.2) is 0 Å². The van der Waals surface area contributed by atoms with Gasteiger partial charge in [-0.25, -0.2) is 4.39 Å². The molecule has 0 aliphatic rings. The van der Waals surface area contributed by atoms with Gasteiger partial charge in [0.25, 0.3) is 0 Å². The molecule has 0 spiro atoms. The van der Waals surface area contributed by atoms with Crippen LogP contribution in [0.1, 0.15) is 23.6 Å². The quantitative estimate of drug-likeness (QED) is 0.885. The standard InChI is InChI=1S/C16H14BrFN2/c1-2-11-7-14(17)4-6-16(11)20-10-13-8-15(18)5-3-12(13)9-19/h3-8,20H,2,10H2,1H3. The Morgan fingerprint density at radius 2 is 2.00 bits per heavy atom. The fourth-order valence-corrected chi connectivity index (χ4v) is 2.44. The number of benzene rings is 2. The van der Waals surface area contributed by atoms with Crippen LogP contribution in [0.25, 0.3) is 0 Å². The maximum Gasteiger partial charge on any atom is 0.123 e. The molecule has 2 nitrogen and oxygen atoms in total. The molecule has 102 valence electrons. The molecule has 4 heteroatoms. The molecule has 2 aromatic carbocycles. The Labute approximate surface area is 126 Å². The van der Waals surface area contributed by atoms with Crippen LogP contribution >= 0.6 is 15.9 Å². The van der Waals surface area contributed by atoms with Crippen LogP contribution in [-0.2, 0) is 13.0 Å². The van der Waals surface area contributed by atoms with Crippen molar-refractivity contribution < 1.29 is 4.39 Å². The third-order valence-corrected chi connectivity index (χ3v) is 3.60. The van der Waals surface area contributed by atoms with Gasteiger partial charge in [-0.2, -0.15) is 5.26 Å². The average molecular weight is 333 g/mol. The van der Waals surface area contributed by atoms with E-state index in [0.29, 0.717) is 17.7 Å². The summed E-state index contributed by atoms with van der Waals surface area (Å²) in [6.07, 6.45) is 0.899. The average Bonchev–Trinajstić information content (AvgIpc) is 2.46. The second kappa shape index (κ2) is 6.53. The van der Waals surface area contributed by atoms with E-state index in [2.05, 4.69) is 40.3 Å². The highest BCUT2D eigenvalue weighted by atomic mass is 79.9. The molecule has 0 atom stereocenters. The molecule has 0 fully saturated rings. The van der Waals surface area contributed by atoms with Gasteiger partial charge >= 0.3 is 0 Å². The van der Waals surface area contributed by atoms with Crippen LogP contribution in [0, 0.1) is 17.1 Å². The SMILES string of the molecule is CCc1cc(Br)ccc1NCc1cc(F)ccc1C#N. The molecule has 2 aromatic rings. The predicted molar refractivity (Wildman–Crippen MR) is 82.0 cm³/mol. The Balaban J connectivity index is 2.21. The highest BCUT2D eigenvalue weighted by molar-refractivity contribution is 9.10. The van der Waals surface area contributed by atoms with Crippen molar-refractivity contribution >= 4 is 21.6 Å². The van der Waals surface area contributed by atoms with Gasteiger partial charge in [-0.05, 0) is 53.9 Å². The van der Waals surface area contributed by atoms with E-state index < -0.39 is 0 Å². The molecule has 0 aliphatic heterocycles. The first-order valence-corrected chi connectivity index (χ1v) is 7.14. The van der Waals surface area contributed by atoms with E-state index >= 15 is 0 Å². The molecule has 0 amide bonds. The third-order valence-electron chi connectivity index (χ3n) is 3.11. The van der Waals surface area contributed by atoms with E-state index in [4.69, 9.17) is 5.26 Å². The summed E-state index contributed by atoms with van der Waals surface area (Å²) in [5, 5.41) is 12.3. The molecule has 1 N–H and O–H groups in total. The van der Waals surface area contributed by atoms with Crippen LogP contribution < -0.4 is 5.32 Å². The number of anilines is 1. The van der Waals surface area contributed by atoms with Gasteiger partial charge in [0, 0.05) is 16.7 Å². The van der Waals surface area contributed by atoms with Gasteiger partial charge in [-0.15, -0.1) is 0 Å². The van der Waals surface area contributed by atoms with Crippen molar-refractivity contribution in [1.29, 1.82) is 5.26 Å². The number of nitrogens with one attached hydrogen (secondary N) is 1. The number of nitriles is 1. The van der Waals surface area contributed by atoms with E-state index in [-0.39, 0.29) is 5.82 Å². The van der Waals surface area contributed by atoms with Crippen LogP contribution in [0.2, 0.25) is 0 Å². The molecule has 0 saturated carbocycles. The number of nitrogens with zero attached hydrogens (tertiary/aromatic N) is 1. The van der Waals surface area contributed by atoms with Crippen molar-refractivity contribution in [2.24, 2.45) is 0 Å². The smallest absolute Gasteiger partial charge is 0.123 e. The number of halogens is 2. The van der Waals surface area contributed by atoms with Crippen molar-refractivity contribution in [2.75, 3.05) is 5.32 Å². The number of rotatable bonds is 4. The van der Waals surface area contributed by atoms with Gasteiger partial charge < -0.3 is 5.32 Å². The number of hydrogen-bond donors (Lipinski definition) is 1. The molecule has 0 radical (unpaired) electrons. The first-order chi connectivity index (χ1) is 9.63. The van der Waals surface area contributed by atoms with Gasteiger partial charge in [0.2, 0.25) is 0 Å². The summed E-state index contributed by atoms with van der Waals surface area (Å²) >= 11 is 3.45. The summed E-state index contributed by atoms with van der Waals surface area (Å²) in [6.45, 7) is 2.51. The molecular formula is C16H14BrFN2. The van der Waals surface area contributed by atoms with Gasteiger partial charge in [0.1, 0.15) is 5.82 Å². The van der Waals surface area contributed by atoms with Gasteiger partial charge in [-0.3, -0.25) is 0 Å². The van der Waals surface area contributed by atoms with E-state index in [0.717, 1.165) is 16.6 Å². The lowest BCUT2D eigenvalue weighted by Crippen LogP contribution is -2.04. The van der Waals surface area contributed by atoms with Gasteiger partial charge in [-0.1, -0.05) is 22.9 Å². The second-order valence-corrected chi connectivity index (χ2v) is 5.34. The molecule has 0 unspecified atom stereocenters. The summed E-state index contributed by atoms with van der Waals surface area (Å²) in [5.41, 5.74) is 3.34. The van der Waals surface area contributed by atoms with Crippen molar-refractivity contribution in [3.63, 3.8) is 0 Å². The normalized spacial score (nSPS) is 10.1. The molecule has 0 heterocycles. The fraction of sp³-hybridized carbons (Fsp3) is 0.188. The molecule has 20 heavy (non-hydrogen) atoms. The molecule has 0 saturated heterocycles. The minimum Gasteiger partial charge on any atom is -0.381 e. The number of aryl methyl sites for hydroxylation is 1. The topological polar surface area (TPSA) is 35.8 Å². The van der Waals surface area contributed by atoms with Crippen molar-refractivity contribution in [3.05, 3.63) is 63.4 Å². The lowest BCUT2D eigenvalue weighted by atomic mass is 10.1. The lowest BCUT2D eigenvalue weighted by molar-refractivity contribution is 0.625. The zero-order valence-electron chi connectivity index (χ0n) is 11.1. The Morgan fingerprint density at radius 1 is 1.20 bits per heavy atom. The Bertz CT molecular complexity index is 662. The summed E-state index contributed by atoms with van der Waals surface area (Å²) in [4.78, 5) is 0. The first-order valence-electron chi connectivity index (χ1n) is 6.35. The minimum atomic E-state index is -0.327. The molecule has 0 aliphatic carbocycles. The van der Waals surface area contributed by atoms with Crippen LogP contribution in [-0.4, -0.2) is 0 Å². The van der Waals surface area contributed by atoms with Crippen molar-refractivity contribution in [3.8, 4) is 6.07 Å². The molecular weight excluding hydrogens is 319 g/mol. The maximum absolute atomic E-state index is 13.3. The third kappa shape index (κ3) is 3.37. The highest BCUT2D eigenvalue weighted by Crippen LogP contribution is 2.22. The molecule has 2 rings (SSSR count). The molecule has 0 aromatic heterocycles. The predicted octanol–water partition coefficient (Wildman–Crippen LogP) is 4.63. The monoisotopic (exact) mass is 332 g/mol. The summed E-state index contributed by atoms with van der Waals surface area (Å²) in [7, 11) is 0. The largest absolute Gasteiger partial charge is 0.381 e.